The van der Waals surface area contributed by atoms with Crippen molar-refractivity contribution in [2.75, 3.05) is 32.7 Å². The first-order valence-corrected chi connectivity index (χ1v) is 19.8. The molecule has 0 unspecified atom stereocenters. The molecule has 0 aromatic heterocycles. The summed E-state index contributed by atoms with van der Waals surface area (Å²) < 4.78 is 10.6. The Morgan fingerprint density at radius 1 is 0.562 bits per heavy atom. The lowest BCUT2D eigenvalue weighted by Gasteiger charge is -2.21. The topological polar surface area (TPSA) is 260 Å². The van der Waals surface area contributed by atoms with Crippen LogP contribution in [0.4, 0.5) is 43.7 Å². The van der Waals surface area contributed by atoms with Gasteiger partial charge in [0.25, 0.3) is 11.8 Å². The Balaban J connectivity index is 0.000000443. The highest BCUT2D eigenvalue weighted by Crippen LogP contribution is 2.23. The maximum Gasteiger partial charge on any atom is 0.412 e. The first-order chi connectivity index (χ1) is 29.5. The number of benzene rings is 4. The van der Waals surface area contributed by atoms with Crippen LogP contribution in [0.2, 0.25) is 0 Å². The SMILES string of the molecule is C/C=N/O.CC(C)(O)C#Cc1cccc(NC(=O)c2cc(N)cc(N)c2)c1.CC(C)(O)C#Cc1cccc(NC(=O)c2cc(NC(=O)OC(C)(C)C)cc(NC(=O)OC(C)(C)C)c2)c1. The summed E-state index contributed by atoms with van der Waals surface area (Å²) in [6, 6.07) is 23.0. The predicted molar refractivity (Wildman–Crippen MR) is 253 cm³/mol. The minimum absolute atomic E-state index is 0.160. The van der Waals surface area contributed by atoms with Crippen LogP contribution in [0.3, 0.4) is 0 Å². The van der Waals surface area contributed by atoms with E-state index in [1.54, 1.807) is 143 Å². The Morgan fingerprint density at radius 3 is 1.25 bits per heavy atom. The number of nitrogen functional groups attached to an aromatic ring is 2. The van der Waals surface area contributed by atoms with Gasteiger partial charge in [0, 0.05) is 62.6 Å². The number of anilines is 6. The van der Waals surface area contributed by atoms with E-state index in [2.05, 4.69) is 50.1 Å². The van der Waals surface area contributed by atoms with Gasteiger partial charge in [-0.1, -0.05) is 35.8 Å². The fourth-order valence-corrected chi connectivity index (χ4v) is 4.76. The van der Waals surface area contributed by atoms with Crippen molar-refractivity contribution >= 4 is 64.3 Å². The maximum atomic E-state index is 13.1. The molecule has 0 saturated carbocycles. The van der Waals surface area contributed by atoms with Crippen molar-refractivity contribution in [3.63, 3.8) is 0 Å². The molecule has 16 nitrogen and oxygen atoms in total. The molecule has 4 aromatic rings. The number of nitrogens with zero attached hydrogens (tertiary/aromatic N) is 1. The van der Waals surface area contributed by atoms with Crippen molar-refractivity contribution in [2.24, 2.45) is 5.16 Å². The molecule has 4 rings (SSSR count). The Labute approximate surface area is 374 Å². The van der Waals surface area contributed by atoms with Gasteiger partial charge in [-0.25, -0.2) is 9.59 Å². The van der Waals surface area contributed by atoms with Gasteiger partial charge in [0.15, 0.2) is 0 Å². The Hall–Kier alpha value is -7.53. The third-order valence-electron chi connectivity index (χ3n) is 7.11. The lowest BCUT2D eigenvalue weighted by Crippen LogP contribution is -2.28. The van der Waals surface area contributed by atoms with E-state index in [1.165, 1.54) is 24.4 Å². The Kier molecular flexibility index (Phi) is 19.0. The number of amides is 4. The molecule has 0 aliphatic carbocycles. The van der Waals surface area contributed by atoms with Gasteiger partial charge in [-0.05, 0) is 149 Å². The molecule has 340 valence electrons. The molecule has 64 heavy (non-hydrogen) atoms. The monoisotopic (exact) mass is 877 g/mol. The summed E-state index contributed by atoms with van der Waals surface area (Å²) in [5, 5.41) is 40.2. The second-order valence-electron chi connectivity index (χ2n) is 17.0. The van der Waals surface area contributed by atoms with Gasteiger partial charge >= 0.3 is 12.2 Å². The molecule has 4 aromatic carbocycles. The molecule has 0 fully saturated rings. The largest absolute Gasteiger partial charge is 0.444 e. The van der Waals surface area contributed by atoms with Crippen LogP contribution in [0, 0.1) is 23.7 Å². The van der Waals surface area contributed by atoms with Gasteiger partial charge in [-0.15, -0.1) is 5.16 Å². The van der Waals surface area contributed by atoms with Crippen molar-refractivity contribution in [1.82, 2.24) is 0 Å². The summed E-state index contributed by atoms with van der Waals surface area (Å²) in [7, 11) is 0. The molecule has 0 aliphatic heterocycles. The Morgan fingerprint density at radius 2 is 0.922 bits per heavy atom. The lowest BCUT2D eigenvalue weighted by molar-refractivity contribution is 0.0625. The number of hydrogen-bond acceptors (Lipinski definition) is 12. The normalized spacial score (nSPS) is 11.0. The number of carbonyl (C=O) groups excluding carboxylic acids is 4. The number of nitrogens with two attached hydrogens (primary N) is 2. The molecule has 0 spiro atoms. The second kappa shape index (κ2) is 23.1. The van der Waals surface area contributed by atoms with E-state index in [1.807, 2.05) is 0 Å². The minimum Gasteiger partial charge on any atom is -0.444 e. The van der Waals surface area contributed by atoms with E-state index >= 15 is 0 Å². The first kappa shape index (κ1) is 52.6. The number of aliphatic hydroxyl groups is 2. The third-order valence-corrected chi connectivity index (χ3v) is 7.11. The van der Waals surface area contributed by atoms with Crippen LogP contribution in [0.5, 0.6) is 0 Å². The fourth-order valence-electron chi connectivity index (χ4n) is 4.76. The van der Waals surface area contributed by atoms with Gasteiger partial charge < -0.3 is 47.0 Å². The lowest BCUT2D eigenvalue weighted by atomic mass is 10.1. The molecule has 16 heteroatoms. The fraction of sp³-hybridized carbons (Fsp3) is 0.312. The highest BCUT2D eigenvalue weighted by atomic mass is 16.6. The highest BCUT2D eigenvalue weighted by Gasteiger charge is 2.20. The van der Waals surface area contributed by atoms with E-state index in [4.69, 9.17) is 26.1 Å². The number of ether oxygens (including phenoxy) is 2. The number of oxime groups is 1. The summed E-state index contributed by atoms with van der Waals surface area (Å²) in [5.41, 5.74) is 11.9. The average Bonchev–Trinajstić information content (AvgIpc) is 3.14. The van der Waals surface area contributed by atoms with Crippen LogP contribution in [-0.4, -0.2) is 68.0 Å². The van der Waals surface area contributed by atoms with Gasteiger partial charge in [0.2, 0.25) is 0 Å². The first-order valence-electron chi connectivity index (χ1n) is 19.8. The van der Waals surface area contributed by atoms with Crippen LogP contribution in [0.1, 0.15) is 108 Å². The molecule has 0 saturated heterocycles. The quantitative estimate of drug-likeness (QED) is 0.0292. The van der Waals surface area contributed by atoms with Crippen molar-refractivity contribution < 1.29 is 44.1 Å². The van der Waals surface area contributed by atoms with E-state index in [-0.39, 0.29) is 22.8 Å². The molecule has 0 bridgehead atoms. The van der Waals surface area contributed by atoms with Crippen LogP contribution in [0.25, 0.3) is 0 Å². The molecular formula is C48H59N7O9. The third kappa shape index (κ3) is 22.4. The molecule has 0 atom stereocenters. The van der Waals surface area contributed by atoms with E-state index in [9.17, 15) is 29.4 Å². The van der Waals surface area contributed by atoms with E-state index < -0.39 is 40.5 Å². The molecule has 0 aliphatic rings. The van der Waals surface area contributed by atoms with Crippen LogP contribution in [0.15, 0.2) is 90.1 Å². The van der Waals surface area contributed by atoms with Gasteiger partial charge in [0.05, 0.1) is 0 Å². The van der Waals surface area contributed by atoms with Crippen molar-refractivity contribution in [2.45, 2.75) is 98.6 Å². The minimum atomic E-state index is -1.15. The summed E-state index contributed by atoms with van der Waals surface area (Å²) in [6.45, 7) is 18.4. The van der Waals surface area contributed by atoms with E-state index in [0.717, 1.165) is 0 Å². The summed E-state index contributed by atoms with van der Waals surface area (Å²) in [6.07, 6.45) is -0.127. The molecule has 4 amide bonds. The molecule has 11 N–H and O–H groups in total. The van der Waals surface area contributed by atoms with Crippen molar-refractivity contribution in [3.05, 3.63) is 107 Å². The van der Waals surface area contributed by atoms with Crippen molar-refractivity contribution in [1.29, 1.82) is 0 Å². The zero-order valence-electron chi connectivity index (χ0n) is 38.1. The second-order valence-corrected chi connectivity index (χ2v) is 17.0. The number of carbonyl (C=O) groups is 4. The van der Waals surface area contributed by atoms with Crippen LogP contribution >= 0.6 is 0 Å². The smallest absolute Gasteiger partial charge is 0.412 e. The summed E-state index contributed by atoms with van der Waals surface area (Å²) >= 11 is 0. The van der Waals surface area contributed by atoms with Gasteiger partial charge in [0.1, 0.15) is 22.4 Å². The van der Waals surface area contributed by atoms with Gasteiger partial charge in [-0.2, -0.15) is 0 Å². The molecular weight excluding hydrogens is 819 g/mol. The zero-order valence-corrected chi connectivity index (χ0v) is 38.1. The van der Waals surface area contributed by atoms with E-state index in [0.29, 0.717) is 39.4 Å². The van der Waals surface area contributed by atoms with Crippen LogP contribution in [-0.2, 0) is 9.47 Å². The van der Waals surface area contributed by atoms with Crippen molar-refractivity contribution in [3.8, 4) is 23.7 Å². The average molecular weight is 878 g/mol. The van der Waals surface area contributed by atoms with Crippen LogP contribution < -0.4 is 32.7 Å². The summed E-state index contributed by atoms with van der Waals surface area (Å²) in [5.74, 6) is 10.4. The standard InChI is InChI=1S/C28H35N3O6.C18H19N3O2.C2H5NO/c1-26(2,3)36-24(33)30-21-15-19(16-22(17-21)31-25(34)37-27(4,5)6)23(32)29-20-11-9-10-18(14-20)12-13-28(7,8)35;1-18(2,23)7-6-12-4-3-5-16(8-12)21-17(22)13-9-14(19)11-15(20)10-13;1-2-3-4/h9-11,14-17,35H,1-8H3,(H,29,32)(H,30,33)(H,31,34);3-5,8-11,23H,19-20H2,1-2H3,(H,21,22);2,4H,1H3/b;;3-2+. The highest BCUT2D eigenvalue weighted by molar-refractivity contribution is 6.07. The Bertz CT molecular complexity index is 2360. The maximum absolute atomic E-state index is 13.1. The zero-order chi connectivity index (χ0) is 48.5. The molecule has 0 heterocycles. The number of rotatable bonds is 6. The predicted octanol–water partition coefficient (Wildman–Crippen LogP) is 8.45. The van der Waals surface area contributed by atoms with Gasteiger partial charge in [-0.3, -0.25) is 20.2 Å². The number of nitrogens with one attached hydrogen (secondary N) is 4. The molecule has 0 radical (unpaired) electrons. The number of hydrogen-bond donors (Lipinski definition) is 9. The summed E-state index contributed by atoms with van der Waals surface area (Å²) in [4.78, 5) is 50.0.